The monoisotopic (exact) mass is 334 g/mol. The van der Waals surface area contributed by atoms with Crippen molar-refractivity contribution in [1.82, 2.24) is 14.9 Å². The number of rotatable bonds is 3. The van der Waals surface area contributed by atoms with E-state index in [4.69, 9.17) is 4.74 Å². The van der Waals surface area contributed by atoms with Gasteiger partial charge in [0.05, 0.1) is 7.11 Å². The minimum absolute atomic E-state index is 0.121. The highest BCUT2D eigenvalue weighted by molar-refractivity contribution is 5.83. The number of carbonyl (C=O) groups is 2. The number of aliphatic carboxylic acids is 1. The first-order chi connectivity index (χ1) is 11.4. The summed E-state index contributed by atoms with van der Waals surface area (Å²) in [5.41, 5.74) is -0.121. The predicted molar refractivity (Wildman–Crippen MR) is 85.9 cm³/mol. The van der Waals surface area contributed by atoms with Crippen molar-refractivity contribution in [2.24, 2.45) is 5.41 Å². The van der Waals surface area contributed by atoms with E-state index < -0.39 is 12.0 Å². The van der Waals surface area contributed by atoms with Gasteiger partial charge >= 0.3 is 5.97 Å². The van der Waals surface area contributed by atoms with Crippen LogP contribution in [0.1, 0.15) is 26.2 Å². The van der Waals surface area contributed by atoms with Crippen LogP contribution in [0.25, 0.3) is 0 Å². The van der Waals surface area contributed by atoms with Gasteiger partial charge in [0.1, 0.15) is 6.04 Å². The highest BCUT2D eigenvalue weighted by Gasteiger charge is 2.49. The normalized spacial score (nSPS) is 22.7. The molecule has 2 fully saturated rings. The lowest BCUT2D eigenvalue weighted by atomic mass is 9.76. The van der Waals surface area contributed by atoms with Gasteiger partial charge in [-0.2, -0.15) is 4.98 Å². The Kier molecular flexibility index (Phi) is 4.29. The number of methoxy groups -OCH3 is 1. The molecule has 2 aliphatic heterocycles. The smallest absolute Gasteiger partial charge is 0.326 e. The summed E-state index contributed by atoms with van der Waals surface area (Å²) in [6.45, 7) is 3.44. The molecule has 1 spiro atoms. The minimum atomic E-state index is -0.916. The van der Waals surface area contributed by atoms with Gasteiger partial charge in [-0.25, -0.2) is 9.78 Å². The second kappa shape index (κ2) is 6.26. The molecule has 0 aromatic carbocycles. The van der Waals surface area contributed by atoms with Gasteiger partial charge < -0.3 is 19.6 Å². The third-order valence-corrected chi connectivity index (χ3v) is 5.13. The maximum absolute atomic E-state index is 11.8. The third-order valence-electron chi connectivity index (χ3n) is 5.13. The molecular formula is C16H22N4O4. The number of carboxylic acids is 1. The van der Waals surface area contributed by atoms with E-state index in [-0.39, 0.29) is 11.3 Å². The summed E-state index contributed by atoms with van der Waals surface area (Å²) in [6.07, 6.45) is 3.83. The molecule has 8 heteroatoms. The van der Waals surface area contributed by atoms with Crippen molar-refractivity contribution in [3.05, 3.63) is 12.3 Å². The average molecular weight is 334 g/mol. The predicted octanol–water partition coefficient (Wildman–Crippen LogP) is 0.777. The SMILES string of the molecule is COc1ccnc(N2CCC3(CC2)C[C@H](C(=O)O)N(C(C)=O)C3)n1. The summed E-state index contributed by atoms with van der Waals surface area (Å²) in [5.74, 6) is 0.0636. The Labute approximate surface area is 140 Å². The van der Waals surface area contributed by atoms with E-state index >= 15 is 0 Å². The lowest BCUT2D eigenvalue weighted by Crippen LogP contribution is -2.43. The highest BCUT2D eigenvalue weighted by Crippen LogP contribution is 2.43. The van der Waals surface area contributed by atoms with E-state index in [2.05, 4.69) is 14.9 Å². The molecule has 0 bridgehead atoms. The Morgan fingerprint density at radius 1 is 1.38 bits per heavy atom. The zero-order valence-electron chi connectivity index (χ0n) is 13.9. The number of anilines is 1. The summed E-state index contributed by atoms with van der Waals surface area (Å²) < 4.78 is 5.13. The van der Waals surface area contributed by atoms with Crippen molar-refractivity contribution in [1.29, 1.82) is 0 Å². The number of aromatic nitrogens is 2. The van der Waals surface area contributed by atoms with Gasteiger partial charge in [0.15, 0.2) is 0 Å². The molecule has 1 atom stereocenters. The second-order valence-electron chi connectivity index (χ2n) is 6.59. The van der Waals surface area contributed by atoms with E-state index in [1.165, 1.54) is 11.8 Å². The quantitative estimate of drug-likeness (QED) is 0.872. The highest BCUT2D eigenvalue weighted by atomic mass is 16.5. The van der Waals surface area contributed by atoms with Crippen molar-refractivity contribution in [3.8, 4) is 5.88 Å². The Morgan fingerprint density at radius 2 is 2.08 bits per heavy atom. The molecule has 3 rings (SSSR count). The fourth-order valence-corrected chi connectivity index (χ4v) is 3.75. The van der Waals surface area contributed by atoms with E-state index in [9.17, 15) is 14.7 Å². The fraction of sp³-hybridized carbons (Fsp3) is 0.625. The summed E-state index contributed by atoms with van der Waals surface area (Å²) in [7, 11) is 1.57. The van der Waals surface area contributed by atoms with E-state index in [1.54, 1.807) is 19.4 Å². The molecule has 130 valence electrons. The molecule has 0 saturated carbocycles. The van der Waals surface area contributed by atoms with E-state index in [0.717, 1.165) is 25.9 Å². The molecule has 24 heavy (non-hydrogen) atoms. The van der Waals surface area contributed by atoms with Crippen LogP contribution in [0.15, 0.2) is 12.3 Å². The largest absolute Gasteiger partial charge is 0.481 e. The maximum Gasteiger partial charge on any atom is 0.326 e. The van der Waals surface area contributed by atoms with Gasteiger partial charge in [0.2, 0.25) is 17.7 Å². The first kappa shape index (κ1) is 16.5. The summed E-state index contributed by atoms with van der Waals surface area (Å²) in [6, 6.07) is 0.996. The molecule has 8 nitrogen and oxygen atoms in total. The summed E-state index contributed by atoms with van der Waals surface area (Å²) in [4.78, 5) is 35.4. The van der Waals surface area contributed by atoms with Crippen LogP contribution in [0.4, 0.5) is 5.95 Å². The summed E-state index contributed by atoms with van der Waals surface area (Å²) >= 11 is 0. The van der Waals surface area contributed by atoms with E-state index in [1.807, 2.05) is 0 Å². The van der Waals surface area contributed by atoms with Crippen molar-refractivity contribution >= 4 is 17.8 Å². The number of likely N-dealkylation sites (tertiary alicyclic amines) is 1. The standard InChI is InChI=1S/C16H22N4O4/c1-11(21)20-10-16(9-12(20)14(22)23)4-7-19(8-5-16)15-17-6-3-13(18-15)24-2/h3,6,12H,4-5,7-10H2,1-2H3,(H,22,23)/t12-/m1/s1. The van der Waals surface area contributed by atoms with Crippen LogP contribution >= 0.6 is 0 Å². The molecule has 0 radical (unpaired) electrons. The van der Waals surface area contributed by atoms with E-state index in [0.29, 0.717) is 24.8 Å². The number of nitrogens with zero attached hydrogens (tertiary/aromatic N) is 4. The number of carboxylic acid groups (broad SMARTS) is 1. The summed E-state index contributed by atoms with van der Waals surface area (Å²) in [5, 5.41) is 9.40. The van der Waals surface area contributed by atoms with Crippen molar-refractivity contribution in [2.75, 3.05) is 31.6 Å². The molecule has 1 amide bonds. The average Bonchev–Trinajstić information content (AvgIpc) is 2.96. The molecule has 2 aliphatic rings. The first-order valence-electron chi connectivity index (χ1n) is 8.06. The zero-order valence-corrected chi connectivity index (χ0v) is 13.9. The molecule has 0 aliphatic carbocycles. The second-order valence-corrected chi connectivity index (χ2v) is 6.59. The van der Waals surface area contributed by atoms with Gasteiger partial charge in [-0.3, -0.25) is 4.79 Å². The van der Waals surface area contributed by atoms with Gasteiger partial charge in [-0.15, -0.1) is 0 Å². The topological polar surface area (TPSA) is 95.9 Å². The number of hydrogen-bond acceptors (Lipinski definition) is 6. The molecule has 0 unspecified atom stereocenters. The molecular weight excluding hydrogens is 312 g/mol. The van der Waals surface area contributed by atoms with Crippen LogP contribution in [-0.2, 0) is 9.59 Å². The van der Waals surface area contributed by atoms with Gasteiger partial charge in [-0.05, 0) is 24.7 Å². The van der Waals surface area contributed by atoms with Crippen LogP contribution in [0.2, 0.25) is 0 Å². The molecule has 3 heterocycles. The van der Waals surface area contributed by atoms with Gasteiger partial charge in [0.25, 0.3) is 0 Å². The first-order valence-corrected chi connectivity index (χ1v) is 8.06. The Hall–Kier alpha value is -2.38. The minimum Gasteiger partial charge on any atom is -0.481 e. The van der Waals surface area contributed by atoms with Gasteiger partial charge in [0, 0.05) is 38.8 Å². The molecule has 1 aromatic rings. The Morgan fingerprint density at radius 3 is 2.62 bits per heavy atom. The number of ether oxygens (including phenoxy) is 1. The van der Waals surface area contributed by atoms with Crippen molar-refractivity contribution in [2.45, 2.75) is 32.2 Å². The number of piperidine rings is 1. The third kappa shape index (κ3) is 3.00. The van der Waals surface area contributed by atoms with Gasteiger partial charge in [-0.1, -0.05) is 0 Å². The van der Waals surface area contributed by atoms with Crippen LogP contribution in [0.3, 0.4) is 0 Å². The number of amides is 1. The maximum atomic E-state index is 11.8. The molecule has 1 N–H and O–H groups in total. The molecule has 1 aromatic heterocycles. The lowest BCUT2D eigenvalue weighted by Gasteiger charge is -2.39. The fourth-order valence-electron chi connectivity index (χ4n) is 3.75. The van der Waals surface area contributed by atoms with Crippen LogP contribution in [0.5, 0.6) is 5.88 Å². The van der Waals surface area contributed by atoms with Crippen molar-refractivity contribution in [3.63, 3.8) is 0 Å². The van der Waals surface area contributed by atoms with Crippen LogP contribution < -0.4 is 9.64 Å². The number of hydrogen-bond donors (Lipinski definition) is 1. The number of carbonyl (C=O) groups excluding carboxylic acids is 1. The van der Waals surface area contributed by atoms with Crippen LogP contribution in [0, 0.1) is 5.41 Å². The van der Waals surface area contributed by atoms with Crippen LogP contribution in [-0.4, -0.2) is 64.6 Å². The lowest BCUT2D eigenvalue weighted by molar-refractivity contribution is -0.147. The Balaban J connectivity index is 1.70. The Bertz CT molecular complexity index is 619. The molecule has 2 saturated heterocycles. The van der Waals surface area contributed by atoms with Crippen molar-refractivity contribution < 1.29 is 19.4 Å². The zero-order chi connectivity index (χ0) is 17.3.